The number of alkyl halides is 3. The summed E-state index contributed by atoms with van der Waals surface area (Å²) in [5.41, 5.74) is 1.21. The zero-order valence-electron chi connectivity index (χ0n) is 25.3. The van der Waals surface area contributed by atoms with E-state index in [-0.39, 0.29) is 55.2 Å². The molecule has 3 aliphatic carbocycles. The number of amides is 5. The number of benzene rings is 1. The first-order valence-corrected chi connectivity index (χ1v) is 15.4. The van der Waals surface area contributed by atoms with E-state index in [4.69, 9.17) is 0 Å². The zero-order valence-corrected chi connectivity index (χ0v) is 25.3. The smallest absolute Gasteiger partial charge is 0.357 e. The Labute approximate surface area is 258 Å². The maximum absolute atomic E-state index is 13.7. The van der Waals surface area contributed by atoms with Gasteiger partial charge in [0, 0.05) is 57.3 Å². The van der Waals surface area contributed by atoms with Gasteiger partial charge in [-0.05, 0) is 73.8 Å². The number of anilines is 1. The molecule has 1 aromatic carbocycles. The molecule has 2 heterocycles. The summed E-state index contributed by atoms with van der Waals surface area (Å²) in [6.45, 7) is 1.10. The molecule has 5 amide bonds. The average molecular weight is 630 g/mol. The second kappa shape index (κ2) is 11.4. The first-order valence-electron chi connectivity index (χ1n) is 15.4. The van der Waals surface area contributed by atoms with Crippen LogP contribution in [0.25, 0.3) is 0 Å². The maximum Gasteiger partial charge on any atom is 0.391 e. The minimum absolute atomic E-state index is 0.00298. The number of hydrogen-bond donors (Lipinski definition) is 4. The largest absolute Gasteiger partial charge is 0.391 e. The van der Waals surface area contributed by atoms with Crippen LogP contribution in [0.3, 0.4) is 0 Å². The Bertz CT molecular complexity index is 1510. The lowest BCUT2D eigenvalue weighted by molar-refractivity contribution is -0.184. The summed E-state index contributed by atoms with van der Waals surface area (Å²) in [5.74, 6) is -3.28. The molecule has 0 radical (unpaired) electrons. The summed E-state index contributed by atoms with van der Waals surface area (Å²) in [4.78, 5) is 55.0. The molecule has 4 N–H and O–H groups in total. The first kappa shape index (κ1) is 30.9. The molecule has 1 aliphatic heterocycles. The van der Waals surface area contributed by atoms with Crippen LogP contribution in [0.2, 0.25) is 0 Å². The molecular formula is C31H38F3N7O4. The van der Waals surface area contributed by atoms with Crippen LogP contribution in [0, 0.1) is 17.3 Å². The summed E-state index contributed by atoms with van der Waals surface area (Å²) in [6.07, 6.45) is -0.263. The molecule has 11 nitrogen and oxygen atoms in total. The van der Waals surface area contributed by atoms with E-state index in [1.807, 2.05) is 6.07 Å². The Hall–Kier alpha value is -4.10. The number of halogens is 3. The number of hydrogen-bond acceptors (Lipinski definition) is 5. The van der Waals surface area contributed by atoms with Crippen molar-refractivity contribution in [1.29, 1.82) is 0 Å². The van der Waals surface area contributed by atoms with Gasteiger partial charge in [0.05, 0.1) is 5.92 Å². The van der Waals surface area contributed by atoms with Crippen molar-refractivity contribution in [3.8, 4) is 0 Å². The van der Waals surface area contributed by atoms with Crippen molar-refractivity contribution in [2.75, 3.05) is 25.5 Å². The van der Waals surface area contributed by atoms with Crippen molar-refractivity contribution < 1.29 is 32.3 Å². The highest BCUT2D eigenvalue weighted by atomic mass is 19.4. The molecule has 1 saturated heterocycles. The number of likely N-dealkylation sites (N-methyl/N-ethyl adjacent to an activating group) is 1. The Morgan fingerprint density at radius 1 is 1.07 bits per heavy atom. The van der Waals surface area contributed by atoms with E-state index in [0.717, 1.165) is 24.0 Å². The van der Waals surface area contributed by atoms with Gasteiger partial charge in [0.1, 0.15) is 17.3 Å². The molecule has 6 rings (SSSR count). The molecule has 2 atom stereocenters. The van der Waals surface area contributed by atoms with Gasteiger partial charge in [-0.3, -0.25) is 19.1 Å². The molecular weight excluding hydrogens is 591 g/mol. The van der Waals surface area contributed by atoms with Gasteiger partial charge in [-0.25, -0.2) is 4.79 Å². The second-order valence-corrected chi connectivity index (χ2v) is 13.1. The van der Waals surface area contributed by atoms with Gasteiger partial charge in [-0.1, -0.05) is 6.07 Å². The number of nitrogens with one attached hydrogen (secondary N) is 4. The number of nitrogens with zero attached hydrogens (tertiary/aromatic N) is 3. The lowest BCUT2D eigenvalue weighted by atomic mass is 9.78. The van der Waals surface area contributed by atoms with Crippen molar-refractivity contribution in [1.82, 2.24) is 30.6 Å². The fourth-order valence-corrected chi connectivity index (χ4v) is 7.33. The summed E-state index contributed by atoms with van der Waals surface area (Å²) in [7, 11) is 3.13. The average Bonchev–Trinajstić information content (AvgIpc) is 3.43. The van der Waals surface area contributed by atoms with E-state index in [9.17, 15) is 32.3 Å². The van der Waals surface area contributed by atoms with Crippen molar-refractivity contribution in [2.24, 2.45) is 24.3 Å². The quantitative estimate of drug-likeness (QED) is 0.374. The predicted molar refractivity (Wildman–Crippen MR) is 157 cm³/mol. The highest BCUT2D eigenvalue weighted by Crippen LogP contribution is 2.50. The Balaban J connectivity index is 1.21. The monoisotopic (exact) mass is 629 g/mol. The molecule has 2 unspecified atom stereocenters. The molecule has 0 bridgehead atoms. The third kappa shape index (κ3) is 5.86. The Morgan fingerprint density at radius 2 is 1.78 bits per heavy atom. The predicted octanol–water partition coefficient (Wildman–Crippen LogP) is 2.91. The number of urea groups is 1. The Morgan fingerprint density at radius 3 is 2.40 bits per heavy atom. The van der Waals surface area contributed by atoms with Crippen LogP contribution in [0.4, 0.5) is 23.7 Å². The molecule has 1 aromatic heterocycles. The van der Waals surface area contributed by atoms with Crippen LogP contribution >= 0.6 is 0 Å². The van der Waals surface area contributed by atoms with Crippen LogP contribution in [0.15, 0.2) is 30.5 Å². The van der Waals surface area contributed by atoms with Gasteiger partial charge in [-0.2, -0.15) is 18.3 Å². The first-order chi connectivity index (χ1) is 21.3. The zero-order chi connectivity index (χ0) is 32.1. The van der Waals surface area contributed by atoms with Gasteiger partial charge < -0.3 is 26.2 Å². The van der Waals surface area contributed by atoms with Crippen molar-refractivity contribution >= 4 is 29.4 Å². The van der Waals surface area contributed by atoms with Gasteiger partial charge in [0.25, 0.3) is 5.91 Å². The van der Waals surface area contributed by atoms with Crippen LogP contribution in [0.5, 0.6) is 0 Å². The minimum atomic E-state index is -4.30. The van der Waals surface area contributed by atoms with Crippen molar-refractivity contribution in [3.05, 3.63) is 47.3 Å². The lowest BCUT2D eigenvalue weighted by Crippen LogP contribution is -2.67. The summed E-state index contributed by atoms with van der Waals surface area (Å²) in [6, 6.07) is 5.44. The molecule has 2 saturated carbocycles. The number of rotatable bonds is 7. The molecule has 3 fully saturated rings. The summed E-state index contributed by atoms with van der Waals surface area (Å²) >= 11 is 0. The van der Waals surface area contributed by atoms with Gasteiger partial charge in [-0.15, -0.1) is 0 Å². The third-order valence-electron chi connectivity index (χ3n) is 10.2. The van der Waals surface area contributed by atoms with E-state index >= 15 is 0 Å². The molecule has 2 aromatic rings. The van der Waals surface area contributed by atoms with Crippen molar-refractivity contribution in [2.45, 2.75) is 69.1 Å². The van der Waals surface area contributed by atoms with E-state index in [0.29, 0.717) is 25.2 Å². The second-order valence-electron chi connectivity index (χ2n) is 13.1. The molecule has 242 valence electrons. The number of carbonyl (C=O) groups is 4. The number of carbonyl (C=O) groups excluding carboxylic acids is 4. The maximum atomic E-state index is 13.7. The van der Waals surface area contributed by atoms with Crippen LogP contribution in [-0.2, 0) is 29.5 Å². The lowest BCUT2D eigenvalue weighted by Gasteiger charge is -2.44. The minimum Gasteiger partial charge on any atom is -0.357 e. The summed E-state index contributed by atoms with van der Waals surface area (Å²) < 4.78 is 41.5. The van der Waals surface area contributed by atoms with Crippen LogP contribution in [0.1, 0.15) is 60.1 Å². The normalized spacial score (nSPS) is 26.1. The van der Waals surface area contributed by atoms with Gasteiger partial charge in [0.15, 0.2) is 0 Å². The van der Waals surface area contributed by atoms with E-state index in [1.165, 1.54) is 16.9 Å². The highest BCUT2D eigenvalue weighted by Gasteiger charge is 2.57. The molecule has 1 spiro atoms. The molecule has 45 heavy (non-hydrogen) atoms. The fraction of sp³-hybridized carbons (Fsp3) is 0.581. The standard InChI is InChI=1S/C31H38F3N7O4/c1-35-27(44)30(41-17-29(10-11-29)16-36-28(41)45)14-19-5-8-22(13-20(19)15-30)38-26(43)24(39-25(42)23-9-12-37-40(23)2)18-3-6-21(7-4-18)31(32,33)34/h5,8-9,12-13,18,21,24H,3-4,6-7,10-11,14-17H2,1-2H3,(H,35,44)(H,36,45)(H,38,43)(H,39,42). The van der Waals surface area contributed by atoms with E-state index in [2.05, 4.69) is 26.4 Å². The van der Waals surface area contributed by atoms with Gasteiger partial charge in [0.2, 0.25) is 11.8 Å². The SMILES string of the molecule is CNC(=O)C1(N2CC3(CC3)CNC2=O)Cc2ccc(NC(=O)C(NC(=O)c3ccnn3C)C3CCC(C(F)(F)F)CC3)cc2C1. The third-order valence-corrected chi connectivity index (χ3v) is 10.2. The van der Waals surface area contributed by atoms with E-state index < -0.39 is 41.4 Å². The highest BCUT2D eigenvalue weighted by molar-refractivity contribution is 6.01. The number of aromatic nitrogens is 2. The van der Waals surface area contributed by atoms with E-state index in [1.54, 1.807) is 31.1 Å². The fourth-order valence-electron chi connectivity index (χ4n) is 7.33. The Kier molecular flexibility index (Phi) is 7.80. The summed E-state index contributed by atoms with van der Waals surface area (Å²) in [5, 5.41) is 15.3. The number of aryl methyl sites for hydroxylation is 1. The topological polar surface area (TPSA) is 137 Å². The van der Waals surface area contributed by atoms with Crippen molar-refractivity contribution in [3.63, 3.8) is 0 Å². The number of fused-ring (bicyclic) bond motifs is 1. The van der Waals surface area contributed by atoms with Crippen LogP contribution < -0.4 is 21.3 Å². The molecule has 14 heteroatoms. The van der Waals surface area contributed by atoms with Crippen LogP contribution in [-0.4, -0.2) is 76.3 Å². The molecule has 4 aliphatic rings. The van der Waals surface area contributed by atoms with Gasteiger partial charge >= 0.3 is 12.2 Å².